The van der Waals surface area contributed by atoms with Gasteiger partial charge in [0.15, 0.2) is 0 Å². The van der Waals surface area contributed by atoms with E-state index in [0.29, 0.717) is 49.9 Å². The quantitative estimate of drug-likeness (QED) is 0.727. The van der Waals surface area contributed by atoms with E-state index in [1.165, 1.54) is 5.69 Å². The van der Waals surface area contributed by atoms with Crippen LogP contribution in [0.2, 0.25) is 0 Å². The first-order valence-electron chi connectivity index (χ1n) is 10.6. The van der Waals surface area contributed by atoms with Crippen LogP contribution in [0.4, 0.5) is 5.69 Å². The van der Waals surface area contributed by atoms with Gasteiger partial charge in [0.25, 0.3) is 5.91 Å². The molecule has 2 aromatic carbocycles. The van der Waals surface area contributed by atoms with Gasteiger partial charge in [-0.3, -0.25) is 9.59 Å². The molecule has 0 bridgehead atoms. The number of hydrogen-bond acceptors (Lipinski definition) is 4. The third-order valence-corrected chi connectivity index (χ3v) is 5.06. The molecule has 0 radical (unpaired) electrons. The number of piperazine rings is 1. The second-order valence-electron chi connectivity index (χ2n) is 7.94. The number of nitrogens with one attached hydrogen (secondary N) is 1. The SMILES string of the molecule is CC(C)COc1cccc(C(=O)NCCC(=O)N2CCN(c3ccccc3)CC2)c1. The van der Waals surface area contributed by atoms with E-state index < -0.39 is 0 Å². The molecule has 1 aliphatic rings. The van der Waals surface area contributed by atoms with Crippen molar-refractivity contribution in [1.29, 1.82) is 0 Å². The maximum atomic E-state index is 12.5. The Balaban J connectivity index is 1.40. The smallest absolute Gasteiger partial charge is 0.251 e. The molecule has 1 saturated heterocycles. The second kappa shape index (κ2) is 10.7. The predicted octanol–water partition coefficient (Wildman–Crippen LogP) is 3.19. The lowest BCUT2D eigenvalue weighted by Crippen LogP contribution is -2.49. The Bertz CT molecular complexity index is 831. The molecule has 3 rings (SSSR count). The van der Waals surface area contributed by atoms with Crippen molar-refractivity contribution in [1.82, 2.24) is 10.2 Å². The molecule has 0 unspecified atom stereocenters. The zero-order valence-electron chi connectivity index (χ0n) is 17.8. The molecule has 2 amide bonds. The van der Waals surface area contributed by atoms with Crippen LogP contribution < -0.4 is 15.0 Å². The van der Waals surface area contributed by atoms with E-state index in [1.54, 1.807) is 12.1 Å². The molecular weight excluding hydrogens is 378 g/mol. The van der Waals surface area contributed by atoms with Crippen LogP contribution in [0.25, 0.3) is 0 Å². The summed E-state index contributed by atoms with van der Waals surface area (Å²) in [7, 11) is 0. The molecule has 160 valence electrons. The van der Waals surface area contributed by atoms with Crippen molar-refractivity contribution >= 4 is 17.5 Å². The standard InChI is InChI=1S/C24H31N3O3/c1-19(2)18-30-22-10-6-7-20(17-22)24(29)25-12-11-23(28)27-15-13-26(14-16-27)21-8-4-3-5-9-21/h3-10,17,19H,11-16,18H2,1-2H3,(H,25,29). The minimum atomic E-state index is -0.188. The van der Waals surface area contributed by atoms with Crippen molar-refractivity contribution in [2.24, 2.45) is 5.92 Å². The van der Waals surface area contributed by atoms with Crippen molar-refractivity contribution in [2.75, 3.05) is 44.2 Å². The molecule has 1 heterocycles. The van der Waals surface area contributed by atoms with Gasteiger partial charge in [0.2, 0.25) is 5.91 Å². The average Bonchev–Trinajstić information content (AvgIpc) is 2.78. The Kier molecular flexibility index (Phi) is 7.71. The summed E-state index contributed by atoms with van der Waals surface area (Å²) < 4.78 is 5.68. The number of carbonyl (C=O) groups is 2. The van der Waals surface area contributed by atoms with Crippen LogP contribution in [-0.4, -0.2) is 56.0 Å². The number of amides is 2. The molecule has 2 aromatic rings. The van der Waals surface area contributed by atoms with Gasteiger partial charge >= 0.3 is 0 Å². The molecular formula is C24H31N3O3. The molecule has 1 N–H and O–H groups in total. The van der Waals surface area contributed by atoms with Gasteiger partial charge in [0, 0.05) is 50.4 Å². The van der Waals surface area contributed by atoms with Gasteiger partial charge in [0.1, 0.15) is 5.75 Å². The number of ether oxygens (including phenoxy) is 1. The van der Waals surface area contributed by atoms with Crippen LogP contribution in [0.3, 0.4) is 0 Å². The van der Waals surface area contributed by atoms with E-state index in [2.05, 4.69) is 36.2 Å². The largest absolute Gasteiger partial charge is 0.493 e. The van der Waals surface area contributed by atoms with E-state index >= 15 is 0 Å². The number of benzene rings is 2. The normalized spacial score (nSPS) is 14.0. The maximum Gasteiger partial charge on any atom is 0.251 e. The number of para-hydroxylation sites is 1. The molecule has 0 atom stereocenters. The predicted molar refractivity (Wildman–Crippen MR) is 119 cm³/mol. The van der Waals surface area contributed by atoms with Gasteiger partial charge in [-0.15, -0.1) is 0 Å². The number of nitrogens with zero attached hydrogens (tertiary/aromatic N) is 2. The highest BCUT2D eigenvalue weighted by molar-refractivity contribution is 5.94. The van der Waals surface area contributed by atoms with Gasteiger partial charge in [-0.2, -0.15) is 0 Å². The number of anilines is 1. The van der Waals surface area contributed by atoms with Gasteiger partial charge in [0.05, 0.1) is 6.61 Å². The van der Waals surface area contributed by atoms with Crippen molar-refractivity contribution in [2.45, 2.75) is 20.3 Å². The molecule has 6 nitrogen and oxygen atoms in total. The fourth-order valence-electron chi connectivity index (χ4n) is 3.39. The Hall–Kier alpha value is -3.02. The van der Waals surface area contributed by atoms with Crippen LogP contribution in [0.1, 0.15) is 30.6 Å². The van der Waals surface area contributed by atoms with Crippen LogP contribution in [0, 0.1) is 5.92 Å². The highest BCUT2D eigenvalue weighted by Gasteiger charge is 2.21. The number of rotatable bonds is 8. The first-order valence-corrected chi connectivity index (χ1v) is 10.6. The van der Waals surface area contributed by atoms with Crippen LogP contribution in [0.5, 0.6) is 5.75 Å². The zero-order valence-corrected chi connectivity index (χ0v) is 17.8. The molecule has 6 heteroatoms. The summed E-state index contributed by atoms with van der Waals surface area (Å²) in [5.41, 5.74) is 1.73. The summed E-state index contributed by atoms with van der Waals surface area (Å²) >= 11 is 0. The third-order valence-electron chi connectivity index (χ3n) is 5.06. The van der Waals surface area contributed by atoms with E-state index in [4.69, 9.17) is 4.74 Å². The summed E-state index contributed by atoms with van der Waals surface area (Å²) in [4.78, 5) is 29.1. The summed E-state index contributed by atoms with van der Waals surface area (Å²) in [6.45, 7) is 8.15. The molecule has 0 aromatic heterocycles. The molecule has 1 aliphatic heterocycles. The van der Waals surface area contributed by atoms with Gasteiger partial charge in [-0.05, 0) is 36.2 Å². The number of hydrogen-bond donors (Lipinski definition) is 1. The van der Waals surface area contributed by atoms with E-state index in [-0.39, 0.29) is 11.8 Å². The van der Waals surface area contributed by atoms with Crippen molar-refractivity contribution < 1.29 is 14.3 Å². The molecule has 1 fully saturated rings. The molecule has 30 heavy (non-hydrogen) atoms. The van der Waals surface area contributed by atoms with Crippen LogP contribution in [-0.2, 0) is 4.79 Å². The number of carbonyl (C=O) groups excluding carboxylic acids is 2. The fraction of sp³-hybridized carbons (Fsp3) is 0.417. The maximum absolute atomic E-state index is 12.5. The van der Waals surface area contributed by atoms with Crippen LogP contribution >= 0.6 is 0 Å². The van der Waals surface area contributed by atoms with Crippen LogP contribution in [0.15, 0.2) is 54.6 Å². The first-order chi connectivity index (χ1) is 14.5. The Morgan fingerprint density at radius 2 is 1.73 bits per heavy atom. The topological polar surface area (TPSA) is 61.9 Å². The molecule has 0 saturated carbocycles. The summed E-state index contributed by atoms with van der Waals surface area (Å²) in [6.07, 6.45) is 0.306. The summed E-state index contributed by atoms with van der Waals surface area (Å²) in [5.74, 6) is 0.996. The lowest BCUT2D eigenvalue weighted by Gasteiger charge is -2.36. The summed E-state index contributed by atoms with van der Waals surface area (Å²) in [5, 5.41) is 2.84. The first kappa shape index (κ1) is 21.7. The highest BCUT2D eigenvalue weighted by atomic mass is 16.5. The second-order valence-corrected chi connectivity index (χ2v) is 7.94. The van der Waals surface area contributed by atoms with Gasteiger partial charge in [-0.1, -0.05) is 38.1 Å². The average molecular weight is 410 g/mol. The minimum absolute atomic E-state index is 0.0806. The Morgan fingerprint density at radius 1 is 1.00 bits per heavy atom. The lowest BCUT2D eigenvalue weighted by molar-refractivity contribution is -0.131. The highest BCUT2D eigenvalue weighted by Crippen LogP contribution is 2.16. The van der Waals surface area contributed by atoms with Gasteiger partial charge in [-0.25, -0.2) is 0 Å². The van der Waals surface area contributed by atoms with Crippen molar-refractivity contribution in [3.63, 3.8) is 0 Å². The van der Waals surface area contributed by atoms with E-state index in [1.807, 2.05) is 35.2 Å². The van der Waals surface area contributed by atoms with Gasteiger partial charge < -0.3 is 19.9 Å². The monoisotopic (exact) mass is 409 g/mol. The third kappa shape index (κ3) is 6.24. The lowest BCUT2D eigenvalue weighted by atomic mass is 10.2. The van der Waals surface area contributed by atoms with Crippen molar-refractivity contribution in [3.8, 4) is 5.75 Å². The minimum Gasteiger partial charge on any atom is -0.493 e. The van der Waals surface area contributed by atoms with E-state index in [9.17, 15) is 9.59 Å². The zero-order chi connectivity index (χ0) is 21.3. The van der Waals surface area contributed by atoms with E-state index in [0.717, 1.165) is 13.1 Å². The summed E-state index contributed by atoms with van der Waals surface area (Å²) in [6, 6.07) is 17.4. The van der Waals surface area contributed by atoms with Crippen molar-refractivity contribution in [3.05, 3.63) is 60.2 Å². The molecule has 0 spiro atoms. The Labute approximate surface area is 178 Å². The molecule has 0 aliphatic carbocycles. The fourth-order valence-corrected chi connectivity index (χ4v) is 3.39. The Morgan fingerprint density at radius 3 is 2.43 bits per heavy atom.